The Morgan fingerprint density at radius 2 is 1.79 bits per heavy atom. The molecule has 1 heterocycles. The number of para-hydroxylation sites is 1. The molecular formula is C12H18OU. The van der Waals surface area contributed by atoms with Gasteiger partial charge in [-0.3, -0.25) is 0 Å². The number of hydrogen-bond acceptors (Lipinski definition) is 1. The topological polar surface area (TPSA) is 9.23 Å². The quantitative estimate of drug-likeness (QED) is 0.682. The van der Waals surface area contributed by atoms with Crippen molar-refractivity contribution in [2.24, 2.45) is 0 Å². The normalized spacial score (nSPS) is 11.6. The van der Waals surface area contributed by atoms with Crippen molar-refractivity contribution in [2.45, 2.75) is 33.1 Å². The van der Waals surface area contributed by atoms with E-state index in [1.807, 2.05) is 18.2 Å². The Balaban J connectivity index is 0.000000299. The summed E-state index contributed by atoms with van der Waals surface area (Å²) in [5.41, 5.74) is 1.34. The molecule has 0 saturated carbocycles. The Kier molecular flexibility index (Phi) is 8.43. The predicted molar refractivity (Wildman–Crippen MR) is 56.2 cm³/mol. The van der Waals surface area contributed by atoms with Crippen molar-refractivity contribution in [3.05, 3.63) is 29.8 Å². The first-order valence-corrected chi connectivity index (χ1v) is 5.09. The Morgan fingerprint density at radius 3 is 2.36 bits per heavy atom. The van der Waals surface area contributed by atoms with Crippen molar-refractivity contribution in [3.8, 4) is 5.75 Å². The molecule has 1 aliphatic rings. The molecule has 0 unspecified atom stereocenters. The molecule has 0 aromatic heterocycles. The maximum Gasteiger partial charge on any atom is 0.122 e. The minimum Gasteiger partial charge on any atom is -0.493 e. The van der Waals surface area contributed by atoms with Gasteiger partial charge in [0, 0.05) is 37.5 Å². The fraction of sp³-hybridized carbons (Fsp3) is 0.500. The second-order valence-corrected chi connectivity index (χ2v) is 3.21. The van der Waals surface area contributed by atoms with Crippen LogP contribution in [-0.4, -0.2) is 6.61 Å². The summed E-state index contributed by atoms with van der Waals surface area (Å²) in [7, 11) is 0. The SMILES string of the molecule is CCCC.[U].c1ccc2c(c1)CCO2. The van der Waals surface area contributed by atoms with Crippen LogP contribution in [0.15, 0.2) is 24.3 Å². The number of unbranched alkanes of at least 4 members (excludes halogenated alkanes) is 1. The summed E-state index contributed by atoms with van der Waals surface area (Å²) < 4.78 is 5.30. The van der Waals surface area contributed by atoms with Crippen LogP contribution in [0.25, 0.3) is 0 Å². The van der Waals surface area contributed by atoms with Gasteiger partial charge in [-0.05, 0) is 11.6 Å². The van der Waals surface area contributed by atoms with Crippen molar-refractivity contribution in [3.63, 3.8) is 0 Å². The summed E-state index contributed by atoms with van der Waals surface area (Å²) in [6.07, 6.45) is 3.72. The fourth-order valence-electron chi connectivity index (χ4n) is 1.12. The summed E-state index contributed by atoms with van der Waals surface area (Å²) in [6.45, 7) is 5.22. The van der Waals surface area contributed by atoms with Gasteiger partial charge >= 0.3 is 0 Å². The maximum absolute atomic E-state index is 5.30. The van der Waals surface area contributed by atoms with E-state index in [1.165, 1.54) is 18.4 Å². The molecule has 0 N–H and O–H groups in total. The molecule has 0 spiro atoms. The van der Waals surface area contributed by atoms with Crippen LogP contribution in [0.2, 0.25) is 0 Å². The third kappa shape index (κ3) is 4.53. The molecule has 0 atom stereocenters. The second kappa shape index (κ2) is 8.39. The van der Waals surface area contributed by atoms with Gasteiger partial charge in [-0.15, -0.1) is 0 Å². The minimum absolute atomic E-state index is 0. The number of hydrogen-bond donors (Lipinski definition) is 0. The predicted octanol–water partition coefficient (Wildman–Crippen LogP) is 3.43. The molecule has 0 amide bonds. The molecule has 0 radical (unpaired) electrons. The summed E-state index contributed by atoms with van der Waals surface area (Å²) in [6, 6.07) is 8.18. The monoisotopic (exact) mass is 416 g/mol. The van der Waals surface area contributed by atoms with E-state index in [9.17, 15) is 0 Å². The van der Waals surface area contributed by atoms with Crippen LogP contribution in [0.1, 0.15) is 32.3 Å². The van der Waals surface area contributed by atoms with Crippen molar-refractivity contribution in [2.75, 3.05) is 6.61 Å². The largest absolute Gasteiger partial charge is 0.493 e. The van der Waals surface area contributed by atoms with Gasteiger partial charge in [0.2, 0.25) is 0 Å². The zero-order valence-electron chi connectivity index (χ0n) is 9.05. The van der Waals surface area contributed by atoms with Crippen LogP contribution < -0.4 is 4.74 Å². The molecule has 14 heavy (non-hydrogen) atoms. The van der Waals surface area contributed by atoms with Crippen LogP contribution in [0, 0.1) is 31.1 Å². The molecule has 0 fully saturated rings. The maximum atomic E-state index is 5.30. The smallest absolute Gasteiger partial charge is 0.122 e. The number of fused-ring (bicyclic) bond motifs is 1. The van der Waals surface area contributed by atoms with Crippen LogP contribution >= 0.6 is 0 Å². The van der Waals surface area contributed by atoms with E-state index in [0.29, 0.717) is 0 Å². The molecule has 1 aromatic carbocycles. The molecule has 0 bridgehead atoms. The van der Waals surface area contributed by atoms with Gasteiger partial charge in [-0.1, -0.05) is 44.9 Å². The van der Waals surface area contributed by atoms with E-state index >= 15 is 0 Å². The van der Waals surface area contributed by atoms with Crippen LogP contribution in [0.5, 0.6) is 5.75 Å². The first-order chi connectivity index (χ1) is 6.38. The molecule has 2 rings (SSSR count). The molecule has 1 nitrogen and oxygen atoms in total. The second-order valence-electron chi connectivity index (χ2n) is 3.21. The van der Waals surface area contributed by atoms with Gasteiger partial charge < -0.3 is 4.74 Å². The van der Waals surface area contributed by atoms with Gasteiger partial charge in [0.15, 0.2) is 0 Å². The Hall–Kier alpha value is 0.0719. The van der Waals surface area contributed by atoms with Gasteiger partial charge in [-0.25, -0.2) is 0 Å². The van der Waals surface area contributed by atoms with Crippen LogP contribution in [0.4, 0.5) is 0 Å². The van der Waals surface area contributed by atoms with Crippen molar-refractivity contribution >= 4 is 0 Å². The van der Waals surface area contributed by atoms with Crippen molar-refractivity contribution in [1.29, 1.82) is 0 Å². The Bertz CT molecular complexity index is 223. The first-order valence-electron chi connectivity index (χ1n) is 5.09. The molecule has 0 saturated heterocycles. The molecule has 1 aliphatic heterocycles. The average molecular weight is 416 g/mol. The molecule has 2 heteroatoms. The van der Waals surface area contributed by atoms with Gasteiger partial charge in [-0.2, -0.15) is 0 Å². The number of rotatable bonds is 1. The van der Waals surface area contributed by atoms with Crippen molar-refractivity contribution < 1.29 is 35.9 Å². The summed E-state index contributed by atoms with van der Waals surface area (Å²) in [5, 5.41) is 0. The Labute approximate surface area is 111 Å². The van der Waals surface area contributed by atoms with Crippen LogP contribution in [-0.2, 0) is 6.42 Å². The van der Waals surface area contributed by atoms with E-state index in [-0.39, 0.29) is 31.1 Å². The molecule has 1 aromatic rings. The standard InChI is InChI=1S/C8H8O.C4H10.U/c1-2-4-8-7(3-1)5-6-9-8;1-3-4-2;/h1-4H,5-6H2;3-4H2,1-2H3;. The fourth-order valence-corrected chi connectivity index (χ4v) is 1.12. The number of benzene rings is 1. The summed E-state index contributed by atoms with van der Waals surface area (Å²) in [4.78, 5) is 0. The van der Waals surface area contributed by atoms with E-state index in [4.69, 9.17) is 4.74 Å². The minimum atomic E-state index is 0. The molecule has 0 aliphatic carbocycles. The van der Waals surface area contributed by atoms with Gasteiger partial charge in [0.25, 0.3) is 0 Å². The van der Waals surface area contributed by atoms with E-state index in [1.54, 1.807) is 0 Å². The van der Waals surface area contributed by atoms with Crippen molar-refractivity contribution in [1.82, 2.24) is 0 Å². The van der Waals surface area contributed by atoms with Crippen LogP contribution in [0.3, 0.4) is 0 Å². The van der Waals surface area contributed by atoms with E-state index in [0.717, 1.165) is 18.8 Å². The van der Waals surface area contributed by atoms with E-state index in [2.05, 4.69) is 19.9 Å². The third-order valence-corrected chi connectivity index (χ3v) is 2.10. The summed E-state index contributed by atoms with van der Waals surface area (Å²) >= 11 is 0. The van der Waals surface area contributed by atoms with Gasteiger partial charge in [0.1, 0.15) is 5.75 Å². The third-order valence-electron chi connectivity index (χ3n) is 2.10. The van der Waals surface area contributed by atoms with E-state index < -0.39 is 0 Å². The zero-order valence-corrected chi connectivity index (χ0v) is 13.2. The zero-order chi connectivity index (χ0) is 9.52. The molecular weight excluding hydrogens is 398 g/mol. The molecule has 76 valence electrons. The van der Waals surface area contributed by atoms with Gasteiger partial charge in [0.05, 0.1) is 6.61 Å². The average Bonchev–Trinajstić information content (AvgIpc) is 2.66. The summed E-state index contributed by atoms with van der Waals surface area (Å²) in [5.74, 6) is 1.07. The first kappa shape index (κ1) is 14.1. The number of ether oxygens (including phenoxy) is 1. The Morgan fingerprint density at radius 1 is 1.14 bits per heavy atom.